The van der Waals surface area contributed by atoms with E-state index in [2.05, 4.69) is 5.32 Å². The number of amides is 3. The molecule has 2 aliphatic rings. The zero-order valence-corrected chi connectivity index (χ0v) is 21.3. The first-order valence-electron chi connectivity index (χ1n) is 12.3. The minimum atomic E-state index is -1.20. The topological polar surface area (TPSA) is 133 Å². The fourth-order valence-corrected chi connectivity index (χ4v) is 4.99. The molecule has 3 amide bonds. The van der Waals surface area contributed by atoms with Crippen molar-refractivity contribution >= 4 is 29.2 Å². The maximum Gasteiger partial charge on any atom is 0.252 e. The van der Waals surface area contributed by atoms with Crippen LogP contribution in [0.3, 0.4) is 0 Å². The van der Waals surface area contributed by atoms with Crippen LogP contribution in [0, 0.1) is 11.3 Å². The third kappa shape index (κ3) is 6.20. The van der Waals surface area contributed by atoms with Crippen molar-refractivity contribution in [1.82, 2.24) is 15.1 Å². The summed E-state index contributed by atoms with van der Waals surface area (Å²) >= 11 is 0. The Morgan fingerprint density at radius 1 is 1.11 bits per heavy atom. The number of likely N-dealkylation sites (tertiary alicyclic amines) is 2. The van der Waals surface area contributed by atoms with Crippen LogP contribution < -0.4 is 11.1 Å². The Labute approximate surface area is 207 Å². The lowest BCUT2D eigenvalue weighted by Gasteiger charge is -2.30. The van der Waals surface area contributed by atoms with Gasteiger partial charge in [0, 0.05) is 17.8 Å². The molecule has 3 rings (SSSR count). The van der Waals surface area contributed by atoms with Crippen molar-refractivity contribution in [1.29, 1.82) is 0 Å². The number of anilines is 1. The summed E-state index contributed by atoms with van der Waals surface area (Å²) in [5.74, 6) is -1.28. The number of hydrogen-bond acceptors (Lipinski definition) is 6. The van der Waals surface area contributed by atoms with Crippen LogP contribution >= 0.6 is 0 Å². The molecule has 0 aliphatic carbocycles. The largest absolute Gasteiger partial charge is 0.399 e. The van der Waals surface area contributed by atoms with Crippen LogP contribution in [0.4, 0.5) is 5.69 Å². The number of aliphatic hydroxyl groups excluding tert-OH is 1. The van der Waals surface area contributed by atoms with E-state index in [1.807, 2.05) is 34.6 Å². The van der Waals surface area contributed by atoms with E-state index in [9.17, 15) is 24.3 Å². The van der Waals surface area contributed by atoms with Gasteiger partial charge >= 0.3 is 0 Å². The molecule has 0 radical (unpaired) electrons. The molecular weight excluding hydrogens is 448 g/mol. The third-order valence-corrected chi connectivity index (χ3v) is 6.56. The highest BCUT2D eigenvalue weighted by molar-refractivity contribution is 6.01. The number of aliphatic hydroxyl groups is 1. The van der Waals surface area contributed by atoms with Crippen LogP contribution in [0.25, 0.3) is 0 Å². The van der Waals surface area contributed by atoms with Gasteiger partial charge in [0.2, 0.25) is 5.91 Å². The first-order valence-corrected chi connectivity index (χ1v) is 12.3. The van der Waals surface area contributed by atoms with Crippen LogP contribution in [-0.4, -0.2) is 75.7 Å². The maximum atomic E-state index is 13.6. The Bertz CT molecular complexity index is 969. The van der Waals surface area contributed by atoms with E-state index in [-0.39, 0.29) is 41.9 Å². The third-order valence-electron chi connectivity index (χ3n) is 6.56. The van der Waals surface area contributed by atoms with Gasteiger partial charge in [-0.15, -0.1) is 0 Å². The predicted molar refractivity (Wildman–Crippen MR) is 132 cm³/mol. The van der Waals surface area contributed by atoms with Crippen molar-refractivity contribution in [2.24, 2.45) is 11.3 Å². The maximum absolute atomic E-state index is 13.6. The number of fused-ring (bicyclic) bond motifs is 1. The molecule has 1 aromatic rings. The van der Waals surface area contributed by atoms with Gasteiger partial charge in [-0.3, -0.25) is 19.2 Å². The number of benzene rings is 1. The molecule has 4 atom stereocenters. The van der Waals surface area contributed by atoms with Gasteiger partial charge in [-0.1, -0.05) is 34.6 Å². The van der Waals surface area contributed by atoms with Crippen molar-refractivity contribution in [2.45, 2.75) is 78.1 Å². The van der Waals surface area contributed by atoms with E-state index in [1.165, 1.54) is 9.80 Å². The molecule has 0 aromatic heterocycles. The molecule has 2 aliphatic heterocycles. The Morgan fingerprint density at radius 3 is 2.31 bits per heavy atom. The van der Waals surface area contributed by atoms with E-state index in [0.29, 0.717) is 30.6 Å². The van der Waals surface area contributed by atoms with Gasteiger partial charge in [0.25, 0.3) is 11.8 Å². The Balaban J connectivity index is 1.75. The quantitative estimate of drug-likeness (QED) is 0.501. The summed E-state index contributed by atoms with van der Waals surface area (Å²) in [6.45, 7) is 9.92. The number of Topliss-reactive ketones (excluding diaryl/α,β-unsaturated/α-hetero) is 1. The van der Waals surface area contributed by atoms with E-state index in [4.69, 9.17) is 5.73 Å². The van der Waals surface area contributed by atoms with Gasteiger partial charge in [0.05, 0.1) is 12.6 Å². The van der Waals surface area contributed by atoms with Crippen molar-refractivity contribution < 1.29 is 24.3 Å². The van der Waals surface area contributed by atoms with Crippen LogP contribution in [0.2, 0.25) is 0 Å². The van der Waals surface area contributed by atoms with Gasteiger partial charge in [0.1, 0.15) is 18.2 Å². The molecule has 0 spiro atoms. The summed E-state index contributed by atoms with van der Waals surface area (Å²) in [5, 5.41) is 13.3. The first-order chi connectivity index (χ1) is 16.3. The number of nitrogens with one attached hydrogen (secondary N) is 1. The van der Waals surface area contributed by atoms with Gasteiger partial charge in [0.15, 0.2) is 5.78 Å². The monoisotopic (exact) mass is 486 g/mol. The molecule has 35 heavy (non-hydrogen) atoms. The Hall–Kier alpha value is -2.94. The lowest BCUT2D eigenvalue weighted by atomic mass is 9.89. The zero-order valence-electron chi connectivity index (χ0n) is 21.3. The molecule has 2 fully saturated rings. The fraction of sp³-hybridized carbons (Fsp3) is 0.615. The molecule has 2 heterocycles. The molecule has 192 valence electrons. The average Bonchev–Trinajstić information content (AvgIpc) is 3.32. The van der Waals surface area contributed by atoms with E-state index in [1.54, 1.807) is 24.3 Å². The summed E-state index contributed by atoms with van der Waals surface area (Å²) in [5.41, 5.74) is 6.38. The number of rotatable bonds is 7. The van der Waals surface area contributed by atoms with E-state index >= 15 is 0 Å². The number of hydrogen-bond donors (Lipinski definition) is 3. The SMILES string of the molecule is CC(C)CC(NC(=O)c1ccc(N)cc1)C(=O)N1CCC2C1C(=O)CN2C(=O)C(O)CC(C)(C)C. The van der Waals surface area contributed by atoms with Gasteiger partial charge < -0.3 is 26.0 Å². The lowest BCUT2D eigenvalue weighted by Crippen LogP contribution is -2.53. The molecule has 2 saturated heterocycles. The molecule has 4 N–H and O–H groups in total. The first kappa shape index (κ1) is 26.7. The molecular formula is C26H38N4O5. The smallest absolute Gasteiger partial charge is 0.252 e. The van der Waals surface area contributed by atoms with Crippen LogP contribution in [0.15, 0.2) is 24.3 Å². The molecule has 9 heteroatoms. The highest BCUT2D eigenvalue weighted by Gasteiger charge is 2.53. The molecule has 0 saturated carbocycles. The molecule has 9 nitrogen and oxygen atoms in total. The van der Waals surface area contributed by atoms with E-state index in [0.717, 1.165) is 0 Å². The van der Waals surface area contributed by atoms with Crippen LogP contribution in [0.1, 0.15) is 64.2 Å². The van der Waals surface area contributed by atoms with Gasteiger partial charge in [-0.05, 0) is 54.9 Å². The fourth-order valence-electron chi connectivity index (χ4n) is 4.99. The molecule has 4 unspecified atom stereocenters. The number of nitrogen functional groups attached to an aromatic ring is 1. The molecule has 0 bridgehead atoms. The lowest BCUT2D eigenvalue weighted by molar-refractivity contribution is -0.143. The second-order valence-corrected chi connectivity index (χ2v) is 11.3. The standard InChI is InChI=1S/C26H38N4O5/c1-15(2)12-18(28-23(33)16-6-8-17(27)9-7-16)24(34)29-11-10-19-22(29)21(32)14-30(19)25(35)20(31)13-26(3,4)5/h6-9,15,18-20,22,31H,10-14,27H2,1-5H3,(H,28,33). The normalized spacial score (nSPS) is 21.7. The summed E-state index contributed by atoms with van der Waals surface area (Å²) in [6, 6.07) is 4.42. The van der Waals surface area contributed by atoms with Gasteiger partial charge in [-0.25, -0.2) is 0 Å². The van der Waals surface area contributed by atoms with Crippen molar-refractivity contribution in [3.8, 4) is 0 Å². The number of ketones is 1. The van der Waals surface area contributed by atoms with Gasteiger partial charge in [-0.2, -0.15) is 0 Å². The predicted octanol–water partition coefficient (Wildman–Crippen LogP) is 1.59. The number of carbonyl (C=O) groups excluding carboxylic acids is 4. The highest BCUT2D eigenvalue weighted by Crippen LogP contribution is 2.32. The summed E-state index contributed by atoms with van der Waals surface area (Å²) < 4.78 is 0. The minimum absolute atomic E-state index is 0.119. The highest BCUT2D eigenvalue weighted by atomic mass is 16.3. The summed E-state index contributed by atoms with van der Waals surface area (Å²) in [6.07, 6.45) is -0.0472. The van der Waals surface area contributed by atoms with Crippen LogP contribution in [0.5, 0.6) is 0 Å². The summed E-state index contributed by atoms with van der Waals surface area (Å²) in [4.78, 5) is 55.2. The van der Waals surface area contributed by atoms with Crippen molar-refractivity contribution in [3.63, 3.8) is 0 Å². The Kier molecular flexibility index (Phi) is 7.89. The second kappa shape index (κ2) is 10.4. The Morgan fingerprint density at radius 2 is 1.74 bits per heavy atom. The summed E-state index contributed by atoms with van der Waals surface area (Å²) in [7, 11) is 0. The van der Waals surface area contributed by atoms with Crippen LogP contribution in [-0.2, 0) is 14.4 Å². The molecule has 1 aromatic carbocycles. The number of nitrogens with zero attached hydrogens (tertiary/aromatic N) is 2. The van der Waals surface area contributed by atoms with Crippen molar-refractivity contribution in [3.05, 3.63) is 29.8 Å². The number of carbonyl (C=O) groups is 4. The average molecular weight is 487 g/mol. The minimum Gasteiger partial charge on any atom is -0.399 e. The van der Waals surface area contributed by atoms with Crippen molar-refractivity contribution in [2.75, 3.05) is 18.8 Å². The van der Waals surface area contributed by atoms with E-state index < -0.39 is 30.1 Å². The zero-order chi connectivity index (χ0) is 26.1. The second-order valence-electron chi connectivity index (χ2n) is 11.3. The number of nitrogens with two attached hydrogens (primary N) is 1.